The van der Waals surface area contributed by atoms with Crippen LogP contribution >= 0.6 is 0 Å². The molecule has 1 fully saturated rings. The van der Waals surface area contributed by atoms with Crippen molar-refractivity contribution in [2.45, 2.75) is 39.2 Å². The minimum Gasteiger partial charge on any atom is -0.481 e. The van der Waals surface area contributed by atoms with Crippen molar-refractivity contribution in [3.8, 4) is 0 Å². The van der Waals surface area contributed by atoms with Crippen LogP contribution in [0.25, 0.3) is 0 Å². The third kappa shape index (κ3) is 2.63. The summed E-state index contributed by atoms with van der Waals surface area (Å²) in [5.41, 5.74) is 5.25. The summed E-state index contributed by atoms with van der Waals surface area (Å²) in [6.45, 7) is 4.01. The number of nitrogens with two attached hydrogens (primary N) is 1. The Labute approximate surface area is 106 Å². The zero-order chi connectivity index (χ0) is 13.9. The molecule has 1 saturated heterocycles. The normalized spacial score (nSPS) is 25.2. The van der Waals surface area contributed by atoms with Crippen molar-refractivity contribution in [1.29, 1.82) is 0 Å². The van der Waals surface area contributed by atoms with Crippen LogP contribution in [0.3, 0.4) is 0 Å². The molecule has 1 heterocycles. The number of hydrogen-bond donors (Lipinski definition) is 2. The number of carboxylic acid groups (broad SMARTS) is 1. The number of primary amides is 1. The van der Waals surface area contributed by atoms with Crippen LogP contribution in [0, 0.1) is 11.8 Å². The topological polar surface area (TPSA) is 101 Å². The van der Waals surface area contributed by atoms with E-state index in [0.29, 0.717) is 19.4 Å². The number of carbonyl (C=O) groups is 3. The fourth-order valence-electron chi connectivity index (χ4n) is 2.62. The van der Waals surface area contributed by atoms with Crippen molar-refractivity contribution in [3.63, 3.8) is 0 Å². The minimum atomic E-state index is -1.11. The molecule has 0 aromatic rings. The zero-order valence-corrected chi connectivity index (χ0v) is 10.8. The van der Waals surface area contributed by atoms with Gasteiger partial charge in [-0.3, -0.25) is 14.4 Å². The average Bonchev–Trinajstić information content (AvgIpc) is 2.57. The maximum absolute atomic E-state index is 12.1. The van der Waals surface area contributed by atoms with Gasteiger partial charge >= 0.3 is 5.97 Å². The molecule has 1 aliphatic heterocycles. The van der Waals surface area contributed by atoms with Gasteiger partial charge in [-0.05, 0) is 18.8 Å². The first-order valence-electron chi connectivity index (χ1n) is 6.26. The summed E-state index contributed by atoms with van der Waals surface area (Å²) in [6.07, 6.45) is 1.88. The van der Waals surface area contributed by atoms with E-state index in [4.69, 9.17) is 10.8 Å². The Morgan fingerprint density at radius 2 is 2.11 bits per heavy atom. The lowest BCUT2D eigenvalue weighted by atomic mass is 9.92. The second-order valence-corrected chi connectivity index (χ2v) is 4.68. The fraction of sp³-hybridized carbons (Fsp3) is 0.750. The molecular formula is C12H20N2O4. The van der Waals surface area contributed by atoms with Crippen LogP contribution in [0.5, 0.6) is 0 Å². The van der Waals surface area contributed by atoms with Crippen molar-refractivity contribution in [3.05, 3.63) is 0 Å². The van der Waals surface area contributed by atoms with Crippen LogP contribution in [0.1, 0.15) is 33.1 Å². The van der Waals surface area contributed by atoms with E-state index < -0.39 is 29.7 Å². The molecule has 102 valence electrons. The SMILES string of the molecule is CCCC1CN([C@@H](CC)C(N)=O)C(=O)[C@@H]1C(=O)O. The number of amides is 2. The lowest BCUT2D eigenvalue weighted by molar-refractivity contribution is -0.150. The van der Waals surface area contributed by atoms with E-state index in [1.54, 1.807) is 6.92 Å². The standard InChI is InChI=1S/C12H20N2O4/c1-3-5-7-6-14(8(4-2)10(13)15)11(16)9(7)12(17)18/h7-9H,3-6H2,1-2H3,(H2,13,15)(H,17,18)/t7?,8-,9+/m0/s1. The lowest BCUT2D eigenvalue weighted by Gasteiger charge is -2.24. The molecule has 0 aromatic heterocycles. The second kappa shape index (κ2) is 5.84. The molecule has 0 saturated carbocycles. The van der Waals surface area contributed by atoms with E-state index in [-0.39, 0.29) is 5.92 Å². The minimum absolute atomic E-state index is 0.228. The van der Waals surface area contributed by atoms with E-state index in [9.17, 15) is 14.4 Å². The van der Waals surface area contributed by atoms with Gasteiger partial charge in [-0.1, -0.05) is 20.3 Å². The highest BCUT2D eigenvalue weighted by Gasteiger charge is 2.47. The maximum atomic E-state index is 12.1. The zero-order valence-electron chi connectivity index (χ0n) is 10.8. The van der Waals surface area contributed by atoms with E-state index in [2.05, 4.69) is 0 Å². The number of aliphatic carboxylic acids is 1. The van der Waals surface area contributed by atoms with Crippen molar-refractivity contribution in [1.82, 2.24) is 4.90 Å². The molecular weight excluding hydrogens is 236 g/mol. The van der Waals surface area contributed by atoms with Gasteiger partial charge in [0.25, 0.3) is 0 Å². The van der Waals surface area contributed by atoms with Gasteiger partial charge in [0.15, 0.2) is 0 Å². The van der Waals surface area contributed by atoms with Crippen LogP contribution in [-0.2, 0) is 14.4 Å². The Morgan fingerprint density at radius 3 is 2.50 bits per heavy atom. The number of carbonyl (C=O) groups excluding carboxylic acids is 2. The van der Waals surface area contributed by atoms with Gasteiger partial charge in [0, 0.05) is 6.54 Å². The van der Waals surface area contributed by atoms with Crippen molar-refractivity contribution in [2.24, 2.45) is 17.6 Å². The van der Waals surface area contributed by atoms with E-state index in [0.717, 1.165) is 6.42 Å². The van der Waals surface area contributed by atoms with Crippen LogP contribution in [0.2, 0.25) is 0 Å². The third-order valence-electron chi connectivity index (χ3n) is 3.47. The Bertz CT molecular complexity index is 356. The molecule has 3 N–H and O–H groups in total. The monoisotopic (exact) mass is 256 g/mol. The van der Waals surface area contributed by atoms with Crippen LogP contribution < -0.4 is 5.73 Å². The van der Waals surface area contributed by atoms with Gasteiger partial charge in [0.05, 0.1) is 0 Å². The Kier molecular flexibility index (Phi) is 4.69. The lowest BCUT2D eigenvalue weighted by Crippen LogP contribution is -2.46. The van der Waals surface area contributed by atoms with E-state index in [1.165, 1.54) is 4.90 Å². The summed E-state index contributed by atoms with van der Waals surface area (Å²) in [5, 5.41) is 9.13. The molecule has 6 nitrogen and oxygen atoms in total. The molecule has 2 amide bonds. The summed E-state index contributed by atoms with van der Waals surface area (Å²) < 4.78 is 0. The fourth-order valence-corrected chi connectivity index (χ4v) is 2.62. The number of likely N-dealkylation sites (tertiary alicyclic amines) is 1. The number of carboxylic acids is 1. The Hall–Kier alpha value is -1.59. The third-order valence-corrected chi connectivity index (χ3v) is 3.47. The summed E-state index contributed by atoms with van der Waals surface area (Å²) >= 11 is 0. The molecule has 0 spiro atoms. The van der Waals surface area contributed by atoms with Crippen molar-refractivity contribution < 1.29 is 19.5 Å². The van der Waals surface area contributed by atoms with E-state index in [1.807, 2.05) is 6.92 Å². The molecule has 0 aliphatic carbocycles. The van der Waals surface area contributed by atoms with Gasteiger partial charge in [0.2, 0.25) is 11.8 Å². The molecule has 0 aromatic carbocycles. The number of nitrogens with zero attached hydrogens (tertiary/aromatic N) is 1. The smallest absolute Gasteiger partial charge is 0.316 e. The highest BCUT2D eigenvalue weighted by Crippen LogP contribution is 2.30. The summed E-state index contributed by atoms with van der Waals surface area (Å²) in [4.78, 5) is 35.9. The maximum Gasteiger partial charge on any atom is 0.316 e. The largest absolute Gasteiger partial charge is 0.481 e. The van der Waals surface area contributed by atoms with Crippen LogP contribution in [-0.4, -0.2) is 40.4 Å². The van der Waals surface area contributed by atoms with Gasteiger partial charge in [0.1, 0.15) is 12.0 Å². The molecule has 0 bridgehead atoms. The Morgan fingerprint density at radius 1 is 1.50 bits per heavy atom. The molecule has 1 unspecified atom stereocenters. The number of rotatable bonds is 6. The summed E-state index contributed by atoms with van der Waals surface area (Å²) in [5.74, 6) is -3.43. The van der Waals surface area contributed by atoms with Crippen LogP contribution in [0.4, 0.5) is 0 Å². The Balaban J connectivity index is 2.94. The average molecular weight is 256 g/mol. The quantitative estimate of drug-likeness (QED) is 0.663. The van der Waals surface area contributed by atoms with Crippen molar-refractivity contribution in [2.75, 3.05) is 6.54 Å². The van der Waals surface area contributed by atoms with Gasteiger partial charge in [-0.25, -0.2) is 0 Å². The first-order chi connectivity index (χ1) is 8.43. The molecule has 0 radical (unpaired) electrons. The van der Waals surface area contributed by atoms with Crippen molar-refractivity contribution >= 4 is 17.8 Å². The second-order valence-electron chi connectivity index (χ2n) is 4.68. The highest BCUT2D eigenvalue weighted by molar-refractivity contribution is 6.00. The van der Waals surface area contributed by atoms with Crippen LogP contribution in [0.15, 0.2) is 0 Å². The molecule has 6 heteroatoms. The summed E-state index contributed by atoms with van der Waals surface area (Å²) in [6, 6.07) is -0.693. The molecule has 3 atom stereocenters. The number of hydrogen-bond acceptors (Lipinski definition) is 3. The molecule has 18 heavy (non-hydrogen) atoms. The molecule has 1 rings (SSSR count). The first-order valence-corrected chi connectivity index (χ1v) is 6.26. The molecule has 1 aliphatic rings. The van der Waals surface area contributed by atoms with Gasteiger partial charge in [-0.15, -0.1) is 0 Å². The van der Waals surface area contributed by atoms with Gasteiger partial charge in [-0.2, -0.15) is 0 Å². The van der Waals surface area contributed by atoms with E-state index >= 15 is 0 Å². The summed E-state index contributed by atoms with van der Waals surface area (Å²) in [7, 11) is 0. The predicted molar refractivity (Wildman–Crippen MR) is 64.5 cm³/mol. The predicted octanol–water partition coefficient (Wildman–Crippen LogP) is 0.210. The van der Waals surface area contributed by atoms with Gasteiger partial charge < -0.3 is 15.7 Å². The first kappa shape index (κ1) is 14.5. The highest BCUT2D eigenvalue weighted by atomic mass is 16.4.